The quantitative estimate of drug-likeness (QED) is 0.451. The minimum absolute atomic E-state index is 0.186. The Morgan fingerprint density at radius 1 is 1.09 bits per heavy atom. The molecule has 0 radical (unpaired) electrons. The van der Waals surface area contributed by atoms with E-state index in [9.17, 15) is 14.7 Å². The molecule has 0 unspecified atom stereocenters. The van der Waals surface area contributed by atoms with Crippen LogP contribution in [0.25, 0.3) is 0 Å². The maximum atomic E-state index is 12.3. The van der Waals surface area contributed by atoms with Crippen LogP contribution in [0.3, 0.4) is 0 Å². The molecule has 3 rings (SSSR count). The van der Waals surface area contributed by atoms with Crippen molar-refractivity contribution in [3.8, 4) is 17.2 Å². The number of methoxy groups -OCH3 is 1. The van der Waals surface area contributed by atoms with Crippen molar-refractivity contribution in [2.75, 3.05) is 13.7 Å². The molecule has 3 aromatic rings. The molecule has 10 heteroatoms. The number of carbonyl (C=O) groups excluding carboxylic acids is 2. The molecule has 0 aliphatic carbocycles. The van der Waals surface area contributed by atoms with Gasteiger partial charge in [-0.25, -0.2) is 9.97 Å². The van der Waals surface area contributed by atoms with Crippen LogP contribution in [-0.4, -0.2) is 46.6 Å². The summed E-state index contributed by atoms with van der Waals surface area (Å²) in [4.78, 5) is 32.0. The lowest BCUT2D eigenvalue weighted by molar-refractivity contribution is -0.124. The number of aliphatic hydroxyl groups excluding tert-OH is 1. The zero-order valence-corrected chi connectivity index (χ0v) is 17.9. The molecule has 166 valence electrons. The van der Waals surface area contributed by atoms with Gasteiger partial charge in [0.25, 0.3) is 5.91 Å². The van der Waals surface area contributed by atoms with Crippen molar-refractivity contribution in [3.63, 3.8) is 0 Å². The summed E-state index contributed by atoms with van der Waals surface area (Å²) >= 11 is 6.18. The number of aliphatic hydroxyl groups is 1. The van der Waals surface area contributed by atoms with Gasteiger partial charge in [0.2, 0.25) is 5.91 Å². The molecule has 0 aliphatic heterocycles. The van der Waals surface area contributed by atoms with Gasteiger partial charge in [0.1, 0.15) is 29.6 Å². The van der Waals surface area contributed by atoms with E-state index in [1.54, 1.807) is 49.6 Å². The zero-order chi connectivity index (χ0) is 22.9. The molecule has 1 atom stereocenters. The molecule has 0 fully saturated rings. The summed E-state index contributed by atoms with van der Waals surface area (Å²) in [6.45, 7) is -0.357. The van der Waals surface area contributed by atoms with Crippen molar-refractivity contribution in [2.45, 2.75) is 12.6 Å². The van der Waals surface area contributed by atoms with Gasteiger partial charge in [-0.3, -0.25) is 9.59 Å². The second-order valence-corrected chi connectivity index (χ2v) is 7.00. The Balaban J connectivity index is 1.53. The Labute approximate surface area is 189 Å². The molecule has 9 nitrogen and oxygen atoms in total. The lowest BCUT2D eigenvalue weighted by atomic mass is 10.2. The molecule has 0 saturated heterocycles. The second kappa shape index (κ2) is 11.1. The molecule has 2 aromatic carbocycles. The molecule has 0 bridgehead atoms. The third kappa shape index (κ3) is 6.16. The van der Waals surface area contributed by atoms with Gasteiger partial charge in [0, 0.05) is 25.0 Å². The number of hydrogen-bond donors (Lipinski definition) is 3. The van der Waals surface area contributed by atoms with E-state index in [1.807, 2.05) is 0 Å². The number of benzene rings is 2. The highest BCUT2D eigenvalue weighted by atomic mass is 35.5. The smallest absolute Gasteiger partial charge is 0.255 e. The number of hydrogen-bond acceptors (Lipinski definition) is 7. The number of nitrogens with one attached hydrogen (secondary N) is 2. The minimum Gasteiger partial charge on any atom is -0.497 e. The Morgan fingerprint density at radius 2 is 1.78 bits per heavy atom. The van der Waals surface area contributed by atoms with Crippen molar-refractivity contribution in [1.82, 2.24) is 20.6 Å². The average Bonchev–Trinajstić information content (AvgIpc) is 2.83. The molecule has 32 heavy (non-hydrogen) atoms. The fourth-order valence-electron chi connectivity index (χ4n) is 2.66. The van der Waals surface area contributed by atoms with Crippen LogP contribution in [0.1, 0.15) is 15.9 Å². The molecule has 0 spiro atoms. The predicted octanol–water partition coefficient (Wildman–Crippen LogP) is 2.34. The highest BCUT2D eigenvalue weighted by Crippen LogP contribution is 2.32. The van der Waals surface area contributed by atoms with Crippen LogP contribution in [-0.2, 0) is 11.3 Å². The molecule has 2 amide bonds. The van der Waals surface area contributed by atoms with E-state index in [-0.39, 0.29) is 12.1 Å². The van der Waals surface area contributed by atoms with Gasteiger partial charge in [-0.1, -0.05) is 23.7 Å². The minimum atomic E-state index is -1.11. The van der Waals surface area contributed by atoms with Crippen LogP contribution >= 0.6 is 11.6 Å². The molecule has 1 aromatic heterocycles. The van der Waals surface area contributed by atoms with Crippen molar-refractivity contribution < 1.29 is 24.2 Å². The van der Waals surface area contributed by atoms with Crippen LogP contribution in [0.2, 0.25) is 5.02 Å². The molecule has 0 aliphatic rings. The van der Waals surface area contributed by atoms with Gasteiger partial charge < -0.3 is 25.2 Å². The largest absolute Gasteiger partial charge is 0.497 e. The van der Waals surface area contributed by atoms with Crippen LogP contribution < -0.4 is 20.1 Å². The zero-order valence-electron chi connectivity index (χ0n) is 17.1. The molecular formula is C22H21ClN4O5. The molecule has 0 saturated carbocycles. The molecule has 3 N–H and O–H groups in total. The van der Waals surface area contributed by atoms with E-state index in [0.29, 0.717) is 22.3 Å². The number of rotatable bonds is 9. The third-order valence-corrected chi connectivity index (χ3v) is 4.68. The summed E-state index contributed by atoms with van der Waals surface area (Å²) in [6, 6.07) is 11.0. The summed E-state index contributed by atoms with van der Waals surface area (Å²) in [7, 11) is 1.55. The van der Waals surface area contributed by atoms with E-state index in [0.717, 1.165) is 5.56 Å². The van der Waals surface area contributed by atoms with Crippen LogP contribution in [0.5, 0.6) is 17.2 Å². The van der Waals surface area contributed by atoms with Crippen molar-refractivity contribution in [3.05, 3.63) is 77.3 Å². The first-order valence-electron chi connectivity index (χ1n) is 9.55. The summed E-state index contributed by atoms with van der Waals surface area (Å²) < 4.78 is 10.9. The Hall–Kier alpha value is -3.69. The highest BCUT2D eigenvalue weighted by molar-refractivity contribution is 6.32. The Morgan fingerprint density at radius 3 is 2.41 bits per heavy atom. The standard InChI is InChI=1S/C22H21ClN4O5/c1-31-17-6-7-20(18(23)8-17)32-16-4-2-14(3-5-16)9-26-22(30)19(12-28)27-21(29)15-10-24-13-25-11-15/h2-8,10-11,13,19,28H,9,12H2,1H3,(H,26,30)(H,27,29)/t19-/m0/s1. The van der Waals surface area contributed by atoms with E-state index in [1.165, 1.54) is 18.7 Å². The van der Waals surface area contributed by atoms with Crippen molar-refractivity contribution in [2.24, 2.45) is 0 Å². The number of carbonyl (C=O) groups is 2. The van der Waals surface area contributed by atoms with Gasteiger partial charge in [-0.15, -0.1) is 0 Å². The molecular weight excluding hydrogens is 436 g/mol. The monoisotopic (exact) mass is 456 g/mol. The van der Waals surface area contributed by atoms with Gasteiger partial charge in [-0.2, -0.15) is 0 Å². The number of halogens is 1. The van der Waals surface area contributed by atoms with E-state index >= 15 is 0 Å². The second-order valence-electron chi connectivity index (χ2n) is 6.60. The third-order valence-electron chi connectivity index (χ3n) is 4.38. The first-order valence-corrected chi connectivity index (χ1v) is 9.92. The first-order chi connectivity index (χ1) is 15.5. The number of nitrogens with zero attached hydrogens (tertiary/aromatic N) is 2. The van der Waals surface area contributed by atoms with Gasteiger partial charge in [0.15, 0.2) is 0 Å². The summed E-state index contributed by atoms with van der Waals surface area (Å²) in [5, 5.41) is 15.0. The maximum absolute atomic E-state index is 12.3. The van der Waals surface area contributed by atoms with Crippen LogP contribution in [0, 0.1) is 0 Å². The number of amides is 2. The first kappa shape index (κ1) is 23.0. The van der Waals surface area contributed by atoms with Crippen LogP contribution in [0.15, 0.2) is 61.2 Å². The van der Waals surface area contributed by atoms with E-state index < -0.39 is 24.5 Å². The van der Waals surface area contributed by atoms with Crippen molar-refractivity contribution in [1.29, 1.82) is 0 Å². The lowest BCUT2D eigenvalue weighted by Crippen LogP contribution is -2.48. The number of ether oxygens (including phenoxy) is 2. The molecule has 1 heterocycles. The normalized spacial score (nSPS) is 11.3. The number of aromatic nitrogens is 2. The SMILES string of the molecule is COc1ccc(Oc2ccc(CNC(=O)[C@H](CO)NC(=O)c3cncnc3)cc2)c(Cl)c1. The Bertz CT molecular complexity index is 1060. The van der Waals surface area contributed by atoms with Gasteiger partial charge >= 0.3 is 0 Å². The summed E-state index contributed by atoms with van der Waals surface area (Å²) in [5.74, 6) is 0.598. The Kier molecular flexibility index (Phi) is 7.96. The van der Waals surface area contributed by atoms with Crippen molar-refractivity contribution >= 4 is 23.4 Å². The average molecular weight is 457 g/mol. The summed E-state index contributed by atoms with van der Waals surface area (Å²) in [5.41, 5.74) is 0.984. The summed E-state index contributed by atoms with van der Waals surface area (Å²) in [6.07, 6.45) is 3.92. The van der Waals surface area contributed by atoms with Crippen LogP contribution in [0.4, 0.5) is 0 Å². The van der Waals surface area contributed by atoms with Gasteiger partial charge in [-0.05, 0) is 29.8 Å². The fourth-order valence-corrected chi connectivity index (χ4v) is 2.87. The fraction of sp³-hybridized carbons (Fsp3) is 0.182. The predicted molar refractivity (Wildman–Crippen MR) is 117 cm³/mol. The van der Waals surface area contributed by atoms with Gasteiger partial charge in [0.05, 0.1) is 24.3 Å². The van der Waals surface area contributed by atoms with E-state index in [4.69, 9.17) is 21.1 Å². The lowest BCUT2D eigenvalue weighted by Gasteiger charge is -2.16. The van der Waals surface area contributed by atoms with E-state index in [2.05, 4.69) is 20.6 Å². The topological polar surface area (TPSA) is 123 Å². The highest BCUT2D eigenvalue weighted by Gasteiger charge is 2.20. The maximum Gasteiger partial charge on any atom is 0.255 e.